The minimum absolute atomic E-state index is 0.0198. The van der Waals surface area contributed by atoms with Crippen molar-refractivity contribution >= 4 is 43.3 Å². The highest BCUT2D eigenvalue weighted by molar-refractivity contribution is 7.19. The fourth-order valence-corrected chi connectivity index (χ4v) is 6.64. The molecule has 186 valence electrons. The first kappa shape index (κ1) is 23.9. The summed E-state index contributed by atoms with van der Waals surface area (Å²) in [6, 6.07) is 24.6. The number of pyridine rings is 1. The lowest BCUT2D eigenvalue weighted by Gasteiger charge is -2.23. The number of rotatable bonds is 4. The Kier molecular flexibility index (Phi) is 5.72. The van der Waals surface area contributed by atoms with Gasteiger partial charge in [-0.25, -0.2) is 4.98 Å². The largest absolute Gasteiger partial charge is 0.462 e. The van der Waals surface area contributed by atoms with E-state index in [0.29, 0.717) is 5.92 Å². The smallest absolute Gasteiger partial charge is 0.160 e. The Bertz CT molecular complexity index is 1780. The zero-order chi connectivity index (χ0) is 25.9. The summed E-state index contributed by atoms with van der Waals surface area (Å²) in [5, 5.41) is 3.87. The Morgan fingerprint density at radius 2 is 1.70 bits per heavy atom. The number of furan rings is 1. The fourth-order valence-electron chi connectivity index (χ4n) is 5.32. The second kappa shape index (κ2) is 8.85. The SMILES string of the molecule is Cc1coc2c(-c3ccc4cc(CC(C)C)sc4c3)cc(-c3cc(C(C)(C)C)c4ccccc4c3)nc12. The molecule has 0 aliphatic heterocycles. The van der Waals surface area contributed by atoms with Gasteiger partial charge in [-0.1, -0.05) is 71.0 Å². The highest BCUT2D eigenvalue weighted by atomic mass is 32.1. The molecule has 6 rings (SSSR count). The van der Waals surface area contributed by atoms with Crippen molar-refractivity contribution in [3.05, 3.63) is 89.0 Å². The van der Waals surface area contributed by atoms with Gasteiger partial charge in [-0.15, -0.1) is 11.3 Å². The van der Waals surface area contributed by atoms with Crippen LogP contribution in [0.4, 0.5) is 0 Å². The summed E-state index contributed by atoms with van der Waals surface area (Å²) in [6.07, 6.45) is 2.95. The van der Waals surface area contributed by atoms with Gasteiger partial charge in [0.1, 0.15) is 5.52 Å². The first-order valence-electron chi connectivity index (χ1n) is 13.1. The van der Waals surface area contributed by atoms with Crippen LogP contribution in [0.2, 0.25) is 0 Å². The van der Waals surface area contributed by atoms with E-state index in [2.05, 4.69) is 108 Å². The van der Waals surface area contributed by atoms with E-state index in [9.17, 15) is 0 Å². The average Bonchev–Trinajstić information content (AvgIpc) is 3.43. The summed E-state index contributed by atoms with van der Waals surface area (Å²) in [4.78, 5) is 6.58. The summed E-state index contributed by atoms with van der Waals surface area (Å²) in [5.74, 6) is 0.654. The minimum atomic E-state index is 0.0198. The number of aryl methyl sites for hydroxylation is 1. The number of benzene rings is 3. The van der Waals surface area contributed by atoms with Crippen LogP contribution < -0.4 is 0 Å². The van der Waals surface area contributed by atoms with E-state index < -0.39 is 0 Å². The molecule has 0 saturated carbocycles. The summed E-state index contributed by atoms with van der Waals surface area (Å²) < 4.78 is 7.41. The van der Waals surface area contributed by atoms with Gasteiger partial charge in [0.15, 0.2) is 5.58 Å². The van der Waals surface area contributed by atoms with Crippen molar-refractivity contribution in [2.75, 3.05) is 0 Å². The predicted octanol–water partition coefficient (Wildman–Crippen LogP) is 10.3. The molecule has 0 unspecified atom stereocenters. The molecule has 0 bridgehead atoms. The van der Waals surface area contributed by atoms with Gasteiger partial charge in [0.2, 0.25) is 0 Å². The Morgan fingerprint density at radius 1 is 0.892 bits per heavy atom. The molecule has 2 nitrogen and oxygen atoms in total. The van der Waals surface area contributed by atoms with Crippen molar-refractivity contribution in [2.24, 2.45) is 5.92 Å². The molecule has 6 aromatic rings. The van der Waals surface area contributed by atoms with E-state index in [1.54, 1.807) is 0 Å². The van der Waals surface area contributed by atoms with Crippen LogP contribution in [0, 0.1) is 12.8 Å². The second-order valence-electron chi connectivity index (χ2n) is 11.7. The van der Waals surface area contributed by atoms with Crippen molar-refractivity contribution in [1.29, 1.82) is 0 Å². The monoisotopic (exact) mass is 503 g/mol. The fraction of sp³-hybridized carbons (Fsp3) is 0.265. The molecular weight excluding hydrogens is 470 g/mol. The van der Waals surface area contributed by atoms with Crippen LogP contribution in [0.25, 0.3) is 54.3 Å². The molecule has 0 fully saturated rings. The first-order chi connectivity index (χ1) is 17.7. The second-order valence-corrected chi connectivity index (χ2v) is 12.9. The van der Waals surface area contributed by atoms with Gasteiger partial charge in [0.05, 0.1) is 12.0 Å². The third-order valence-electron chi connectivity index (χ3n) is 7.16. The zero-order valence-electron chi connectivity index (χ0n) is 22.5. The Morgan fingerprint density at radius 3 is 2.49 bits per heavy atom. The molecular formula is C34H33NOS. The van der Waals surface area contributed by atoms with Crippen LogP contribution >= 0.6 is 11.3 Å². The lowest BCUT2D eigenvalue weighted by atomic mass is 9.82. The molecule has 3 aromatic carbocycles. The number of hydrogen-bond acceptors (Lipinski definition) is 3. The topological polar surface area (TPSA) is 26.0 Å². The Balaban J connectivity index is 1.56. The molecule has 0 N–H and O–H groups in total. The molecule has 0 radical (unpaired) electrons. The summed E-state index contributed by atoms with van der Waals surface area (Å²) in [7, 11) is 0. The van der Waals surface area contributed by atoms with Gasteiger partial charge in [-0.2, -0.15) is 0 Å². The van der Waals surface area contributed by atoms with E-state index in [-0.39, 0.29) is 5.41 Å². The van der Waals surface area contributed by atoms with Crippen molar-refractivity contribution < 1.29 is 4.42 Å². The van der Waals surface area contributed by atoms with Gasteiger partial charge >= 0.3 is 0 Å². The van der Waals surface area contributed by atoms with Gasteiger partial charge in [0, 0.05) is 26.3 Å². The highest BCUT2D eigenvalue weighted by Gasteiger charge is 2.20. The standard InChI is InChI=1S/C34H33NOS/c1-20(2)13-26-15-24-12-11-23(17-31(24)37-26)28-18-30(35-32-21(3)19-36-33(28)32)25-14-22-9-7-8-10-27(22)29(16-25)34(4,5)6/h7-12,14-20H,13H2,1-6H3. The van der Waals surface area contributed by atoms with E-state index in [4.69, 9.17) is 9.40 Å². The summed E-state index contributed by atoms with van der Waals surface area (Å²) in [5.41, 5.74) is 8.60. The van der Waals surface area contributed by atoms with Gasteiger partial charge < -0.3 is 4.42 Å². The molecule has 0 spiro atoms. The number of fused-ring (bicyclic) bond motifs is 3. The van der Waals surface area contributed by atoms with Gasteiger partial charge in [0.25, 0.3) is 0 Å². The number of thiophene rings is 1. The van der Waals surface area contributed by atoms with E-state index in [1.165, 1.54) is 36.9 Å². The Hall–Kier alpha value is -3.43. The van der Waals surface area contributed by atoms with Crippen molar-refractivity contribution in [3.63, 3.8) is 0 Å². The molecule has 0 aliphatic carbocycles. The van der Waals surface area contributed by atoms with Crippen LogP contribution in [0.3, 0.4) is 0 Å². The van der Waals surface area contributed by atoms with E-state index in [1.807, 2.05) is 17.6 Å². The summed E-state index contributed by atoms with van der Waals surface area (Å²) in [6.45, 7) is 13.5. The van der Waals surface area contributed by atoms with Crippen LogP contribution in [0.15, 0.2) is 77.4 Å². The third kappa shape index (κ3) is 4.36. The van der Waals surface area contributed by atoms with Crippen molar-refractivity contribution in [1.82, 2.24) is 4.98 Å². The maximum atomic E-state index is 6.08. The molecule has 0 amide bonds. The lowest BCUT2D eigenvalue weighted by molar-refractivity contribution is 0.596. The lowest BCUT2D eigenvalue weighted by Crippen LogP contribution is -2.12. The van der Waals surface area contributed by atoms with E-state index >= 15 is 0 Å². The van der Waals surface area contributed by atoms with Crippen molar-refractivity contribution in [3.8, 4) is 22.4 Å². The zero-order valence-corrected chi connectivity index (χ0v) is 23.3. The highest BCUT2D eigenvalue weighted by Crippen LogP contribution is 2.39. The van der Waals surface area contributed by atoms with Gasteiger partial charge in [-0.05, 0) is 82.3 Å². The molecule has 3 heteroatoms. The molecule has 0 atom stereocenters. The number of aromatic nitrogens is 1. The third-order valence-corrected chi connectivity index (χ3v) is 8.28. The first-order valence-corrected chi connectivity index (χ1v) is 13.9. The molecule has 0 saturated heterocycles. The maximum absolute atomic E-state index is 6.08. The van der Waals surface area contributed by atoms with Crippen LogP contribution in [0.1, 0.15) is 50.6 Å². The normalized spacial score (nSPS) is 12.4. The molecule has 0 aliphatic rings. The number of hydrogen-bond donors (Lipinski definition) is 0. The molecule has 3 heterocycles. The molecule has 37 heavy (non-hydrogen) atoms. The maximum Gasteiger partial charge on any atom is 0.160 e. The van der Waals surface area contributed by atoms with Crippen molar-refractivity contribution in [2.45, 2.75) is 53.4 Å². The predicted molar refractivity (Wildman–Crippen MR) is 160 cm³/mol. The van der Waals surface area contributed by atoms with Crippen LogP contribution in [-0.4, -0.2) is 4.98 Å². The Labute approximate surface area is 223 Å². The average molecular weight is 504 g/mol. The summed E-state index contributed by atoms with van der Waals surface area (Å²) >= 11 is 1.91. The van der Waals surface area contributed by atoms with Crippen LogP contribution in [-0.2, 0) is 11.8 Å². The van der Waals surface area contributed by atoms with Crippen LogP contribution in [0.5, 0.6) is 0 Å². The quantitative estimate of drug-likeness (QED) is 0.239. The van der Waals surface area contributed by atoms with E-state index in [0.717, 1.165) is 39.9 Å². The number of nitrogens with zero attached hydrogens (tertiary/aromatic N) is 1. The minimum Gasteiger partial charge on any atom is -0.462 e. The molecule has 3 aromatic heterocycles. The van der Waals surface area contributed by atoms with Gasteiger partial charge in [-0.3, -0.25) is 0 Å².